The first-order chi connectivity index (χ1) is 9.78. The van der Waals surface area contributed by atoms with Crippen molar-refractivity contribution in [1.29, 1.82) is 0 Å². The third-order valence-corrected chi connectivity index (χ3v) is 4.58. The highest BCUT2D eigenvalue weighted by atomic mass is 15.3. The van der Waals surface area contributed by atoms with Gasteiger partial charge >= 0.3 is 0 Å². The number of rotatable bonds is 3. The molecule has 4 N–H and O–H groups in total. The molecular formula is C14H22N6. The minimum absolute atomic E-state index is 0.369. The molecule has 1 aromatic rings. The Morgan fingerprint density at radius 2 is 2.15 bits per heavy atom. The van der Waals surface area contributed by atoms with Crippen LogP contribution in [0.5, 0.6) is 0 Å². The van der Waals surface area contributed by atoms with Crippen molar-refractivity contribution >= 4 is 17.6 Å². The van der Waals surface area contributed by atoms with Crippen LogP contribution < -0.4 is 21.3 Å². The van der Waals surface area contributed by atoms with Crippen LogP contribution in [0.25, 0.3) is 0 Å². The van der Waals surface area contributed by atoms with Gasteiger partial charge in [-0.05, 0) is 38.1 Å². The fourth-order valence-electron chi connectivity index (χ4n) is 3.36. The smallest absolute Gasteiger partial charge is 0.223 e. The van der Waals surface area contributed by atoms with E-state index in [1.54, 1.807) is 0 Å². The van der Waals surface area contributed by atoms with Crippen molar-refractivity contribution in [2.75, 3.05) is 35.6 Å². The lowest BCUT2D eigenvalue weighted by molar-refractivity contribution is 0.340. The van der Waals surface area contributed by atoms with Crippen molar-refractivity contribution in [1.82, 2.24) is 15.3 Å². The van der Waals surface area contributed by atoms with Crippen molar-refractivity contribution in [3.63, 3.8) is 0 Å². The molecule has 4 rings (SSSR count). The van der Waals surface area contributed by atoms with Gasteiger partial charge in [0, 0.05) is 31.2 Å². The normalized spacial score (nSPS) is 29.3. The Labute approximate surface area is 119 Å². The van der Waals surface area contributed by atoms with Gasteiger partial charge in [-0.2, -0.15) is 9.97 Å². The molecule has 0 spiro atoms. The molecule has 6 nitrogen and oxygen atoms in total. The van der Waals surface area contributed by atoms with E-state index in [1.165, 1.54) is 25.7 Å². The number of nitrogens with two attached hydrogens (primary N) is 1. The average molecular weight is 274 g/mol. The summed E-state index contributed by atoms with van der Waals surface area (Å²) in [6.07, 6.45) is 5.07. The van der Waals surface area contributed by atoms with E-state index in [1.807, 2.05) is 6.07 Å². The van der Waals surface area contributed by atoms with Crippen molar-refractivity contribution in [2.45, 2.75) is 37.8 Å². The molecule has 2 saturated heterocycles. The highest BCUT2D eigenvalue weighted by Crippen LogP contribution is 2.30. The Hall–Kier alpha value is -1.56. The molecule has 2 atom stereocenters. The van der Waals surface area contributed by atoms with Crippen molar-refractivity contribution in [2.24, 2.45) is 5.92 Å². The fourth-order valence-corrected chi connectivity index (χ4v) is 3.36. The highest BCUT2D eigenvalue weighted by molar-refractivity contribution is 5.54. The zero-order chi connectivity index (χ0) is 13.5. The topological polar surface area (TPSA) is 79.1 Å². The van der Waals surface area contributed by atoms with Crippen molar-refractivity contribution in [3.05, 3.63) is 6.07 Å². The molecule has 1 saturated carbocycles. The van der Waals surface area contributed by atoms with Gasteiger partial charge in [-0.15, -0.1) is 0 Å². The maximum absolute atomic E-state index is 5.87. The molecule has 6 heteroatoms. The average Bonchev–Trinajstić information content (AvgIpc) is 3.13. The van der Waals surface area contributed by atoms with E-state index in [4.69, 9.17) is 5.73 Å². The van der Waals surface area contributed by atoms with Gasteiger partial charge in [0.2, 0.25) is 5.95 Å². The number of nitrogens with zero attached hydrogens (tertiary/aromatic N) is 3. The SMILES string of the molecule is Nc1nc(NC2CC2)cc(N2CC3CCCNC3C2)n1. The molecule has 3 heterocycles. The van der Waals surface area contributed by atoms with E-state index in [0.29, 0.717) is 18.0 Å². The third-order valence-electron chi connectivity index (χ3n) is 4.58. The van der Waals surface area contributed by atoms with Gasteiger partial charge in [0.25, 0.3) is 0 Å². The van der Waals surface area contributed by atoms with Crippen LogP contribution >= 0.6 is 0 Å². The van der Waals surface area contributed by atoms with Crippen molar-refractivity contribution < 1.29 is 0 Å². The van der Waals surface area contributed by atoms with Crippen LogP contribution in [0.3, 0.4) is 0 Å². The zero-order valence-electron chi connectivity index (χ0n) is 11.7. The van der Waals surface area contributed by atoms with Gasteiger partial charge in [-0.1, -0.05) is 0 Å². The summed E-state index contributed by atoms with van der Waals surface area (Å²) >= 11 is 0. The molecule has 2 unspecified atom stereocenters. The Morgan fingerprint density at radius 3 is 2.95 bits per heavy atom. The molecule has 108 valence electrons. The minimum atomic E-state index is 0.369. The maximum Gasteiger partial charge on any atom is 0.223 e. The number of hydrogen-bond donors (Lipinski definition) is 3. The van der Waals surface area contributed by atoms with E-state index in [9.17, 15) is 0 Å². The summed E-state index contributed by atoms with van der Waals surface area (Å²) in [6.45, 7) is 3.26. The van der Waals surface area contributed by atoms with Crippen LogP contribution in [0.4, 0.5) is 17.6 Å². The minimum Gasteiger partial charge on any atom is -0.368 e. The van der Waals surface area contributed by atoms with Gasteiger partial charge in [-0.3, -0.25) is 0 Å². The van der Waals surface area contributed by atoms with Crippen LogP contribution in [-0.4, -0.2) is 41.7 Å². The molecule has 3 fully saturated rings. The summed E-state index contributed by atoms with van der Waals surface area (Å²) in [4.78, 5) is 11.1. The highest BCUT2D eigenvalue weighted by Gasteiger charge is 2.35. The molecule has 20 heavy (non-hydrogen) atoms. The van der Waals surface area contributed by atoms with Gasteiger partial charge in [-0.25, -0.2) is 0 Å². The summed E-state index contributed by atoms with van der Waals surface area (Å²) in [5.41, 5.74) is 5.87. The number of piperidine rings is 1. The van der Waals surface area contributed by atoms with Crippen LogP contribution in [0.15, 0.2) is 6.07 Å². The van der Waals surface area contributed by atoms with E-state index in [2.05, 4.69) is 25.5 Å². The van der Waals surface area contributed by atoms with E-state index >= 15 is 0 Å². The van der Waals surface area contributed by atoms with Gasteiger partial charge in [0.15, 0.2) is 0 Å². The largest absolute Gasteiger partial charge is 0.368 e. The quantitative estimate of drug-likeness (QED) is 0.757. The number of hydrogen-bond acceptors (Lipinski definition) is 6. The second-order valence-electron chi connectivity index (χ2n) is 6.26. The van der Waals surface area contributed by atoms with E-state index in [0.717, 1.165) is 37.2 Å². The first kappa shape index (κ1) is 12.2. The Kier molecular flexibility index (Phi) is 2.91. The number of nitrogen functional groups attached to an aromatic ring is 1. The zero-order valence-corrected chi connectivity index (χ0v) is 11.7. The number of anilines is 3. The van der Waals surface area contributed by atoms with E-state index in [-0.39, 0.29) is 0 Å². The molecule has 0 aromatic carbocycles. The number of fused-ring (bicyclic) bond motifs is 1. The Morgan fingerprint density at radius 1 is 1.25 bits per heavy atom. The van der Waals surface area contributed by atoms with Crippen LogP contribution in [0, 0.1) is 5.92 Å². The number of nitrogens with one attached hydrogen (secondary N) is 2. The lowest BCUT2D eigenvalue weighted by atomic mass is 9.94. The summed E-state index contributed by atoms with van der Waals surface area (Å²) in [6, 6.07) is 3.24. The second-order valence-corrected chi connectivity index (χ2v) is 6.26. The molecule has 0 bridgehead atoms. The van der Waals surface area contributed by atoms with Gasteiger partial charge in [0.05, 0.1) is 0 Å². The first-order valence-electron chi connectivity index (χ1n) is 7.67. The molecule has 2 aliphatic heterocycles. The van der Waals surface area contributed by atoms with Gasteiger partial charge in [0.1, 0.15) is 11.6 Å². The molecule has 0 radical (unpaired) electrons. The summed E-state index contributed by atoms with van der Waals surface area (Å²) in [5.74, 6) is 2.96. The fraction of sp³-hybridized carbons (Fsp3) is 0.714. The second kappa shape index (κ2) is 4.77. The summed E-state index contributed by atoms with van der Waals surface area (Å²) < 4.78 is 0. The molecular weight excluding hydrogens is 252 g/mol. The van der Waals surface area contributed by atoms with Gasteiger partial charge < -0.3 is 21.3 Å². The van der Waals surface area contributed by atoms with Crippen LogP contribution in [-0.2, 0) is 0 Å². The predicted octanol–water partition coefficient (Wildman–Crippen LogP) is 0.821. The standard InChI is InChI=1S/C14H22N6/c15-14-18-12(17-10-3-4-10)6-13(19-14)20-7-9-2-1-5-16-11(9)8-20/h6,9-11,16H,1-5,7-8H2,(H3,15,17,18,19). The molecule has 1 aliphatic carbocycles. The first-order valence-corrected chi connectivity index (χ1v) is 7.67. The third kappa shape index (κ3) is 2.40. The van der Waals surface area contributed by atoms with Crippen molar-refractivity contribution in [3.8, 4) is 0 Å². The molecule has 1 aromatic heterocycles. The lowest BCUT2D eigenvalue weighted by Crippen LogP contribution is -2.40. The van der Waals surface area contributed by atoms with Crippen LogP contribution in [0.2, 0.25) is 0 Å². The molecule has 3 aliphatic rings. The Bertz CT molecular complexity index is 486. The molecule has 0 amide bonds. The monoisotopic (exact) mass is 274 g/mol. The summed E-state index contributed by atoms with van der Waals surface area (Å²) in [5, 5.41) is 7.03. The van der Waals surface area contributed by atoms with Crippen LogP contribution in [0.1, 0.15) is 25.7 Å². The van der Waals surface area contributed by atoms with E-state index < -0.39 is 0 Å². The maximum atomic E-state index is 5.87. The Balaban J connectivity index is 1.53. The predicted molar refractivity (Wildman–Crippen MR) is 79.8 cm³/mol. The summed E-state index contributed by atoms with van der Waals surface area (Å²) in [7, 11) is 0. The lowest BCUT2D eigenvalue weighted by Gasteiger charge is -2.24. The number of aromatic nitrogens is 2.